The zero-order chi connectivity index (χ0) is 6.57. The molecule has 0 aliphatic rings. The summed E-state index contributed by atoms with van der Waals surface area (Å²) in [4.78, 5) is 10.1. The highest BCUT2D eigenvalue weighted by atomic mass is 16.5. The maximum atomic E-state index is 10.1. The highest BCUT2D eigenvalue weighted by Crippen LogP contribution is 1.85. The van der Waals surface area contributed by atoms with Crippen LogP contribution < -0.4 is 0 Å². The van der Waals surface area contributed by atoms with E-state index < -0.39 is 13.1 Å². The van der Waals surface area contributed by atoms with Crippen molar-refractivity contribution in [3.63, 3.8) is 0 Å². The van der Waals surface area contributed by atoms with Crippen molar-refractivity contribution in [2.24, 2.45) is 0 Å². The molecule has 0 bridgehead atoms. The third-order valence-electron chi connectivity index (χ3n) is 0.577. The second-order valence-corrected chi connectivity index (χ2v) is 1.26. The van der Waals surface area contributed by atoms with Crippen LogP contribution in [-0.2, 0) is 9.53 Å². The first kappa shape index (κ1) is 7.45. The molecule has 0 unspecified atom stereocenters. The Labute approximate surface area is 47.2 Å². The quantitative estimate of drug-likeness (QED) is 0.346. The van der Waals surface area contributed by atoms with Crippen LogP contribution in [0.15, 0.2) is 0 Å². The first-order valence-corrected chi connectivity index (χ1v) is 2.09. The van der Waals surface area contributed by atoms with Crippen LogP contribution in [0.2, 0.25) is 6.32 Å². The van der Waals surface area contributed by atoms with Gasteiger partial charge in [-0.1, -0.05) is 0 Å². The molecule has 0 aromatic heterocycles. The minimum Gasteiger partial charge on any atom is -0.469 e. The zero-order valence-corrected chi connectivity index (χ0v) is 4.50. The smallest absolute Gasteiger partial charge is 0.463 e. The van der Waals surface area contributed by atoms with E-state index in [0.717, 1.165) is 0 Å². The highest BCUT2D eigenvalue weighted by Gasteiger charge is 2.12. The Balaban J connectivity index is 3.25. The number of methoxy groups -OCH3 is 1. The number of hydrogen-bond acceptors (Lipinski definition) is 4. The summed E-state index contributed by atoms with van der Waals surface area (Å²) < 4.78 is 4.10. The molecule has 0 heterocycles. The lowest BCUT2D eigenvalue weighted by atomic mass is 9.87. The van der Waals surface area contributed by atoms with E-state index in [1.54, 1.807) is 0 Å². The summed E-state index contributed by atoms with van der Waals surface area (Å²) in [6.45, 7) is 0. The van der Waals surface area contributed by atoms with Gasteiger partial charge in [0.05, 0.1) is 13.4 Å². The van der Waals surface area contributed by atoms with Crippen LogP contribution in [0.25, 0.3) is 0 Å². The zero-order valence-electron chi connectivity index (χ0n) is 4.50. The lowest BCUT2D eigenvalue weighted by Crippen LogP contribution is -2.16. The van der Waals surface area contributed by atoms with Gasteiger partial charge in [0.15, 0.2) is 0 Å². The van der Waals surface area contributed by atoms with Crippen LogP contribution in [0.3, 0.4) is 0 Å². The molecule has 0 saturated heterocycles. The number of rotatable bonds is 2. The van der Waals surface area contributed by atoms with Crippen LogP contribution in [0.4, 0.5) is 0 Å². The van der Waals surface area contributed by atoms with Crippen LogP contribution in [0.1, 0.15) is 0 Å². The predicted molar refractivity (Wildman–Crippen MR) is 27.0 cm³/mol. The molecule has 8 heavy (non-hydrogen) atoms. The minimum atomic E-state index is -1.59. The van der Waals surface area contributed by atoms with Crippen LogP contribution >= 0.6 is 0 Å². The lowest BCUT2D eigenvalue weighted by Gasteiger charge is -1.94. The second kappa shape index (κ2) is 3.46. The van der Waals surface area contributed by atoms with E-state index in [1.165, 1.54) is 7.11 Å². The van der Waals surface area contributed by atoms with Crippen LogP contribution in [0, 0.1) is 0 Å². The van der Waals surface area contributed by atoms with Gasteiger partial charge < -0.3 is 14.8 Å². The van der Waals surface area contributed by atoms with Crippen molar-refractivity contribution < 1.29 is 19.6 Å². The van der Waals surface area contributed by atoms with Gasteiger partial charge in [-0.05, 0) is 0 Å². The Morgan fingerprint density at radius 1 is 1.75 bits per heavy atom. The summed E-state index contributed by atoms with van der Waals surface area (Å²) in [5, 5.41) is 16.2. The van der Waals surface area contributed by atoms with Gasteiger partial charge in [0.25, 0.3) is 0 Å². The maximum absolute atomic E-state index is 10.1. The molecule has 0 aromatic rings. The van der Waals surface area contributed by atoms with Gasteiger partial charge in [-0.3, -0.25) is 4.79 Å². The van der Waals surface area contributed by atoms with E-state index >= 15 is 0 Å². The Morgan fingerprint density at radius 2 is 2.25 bits per heavy atom. The summed E-state index contributed by atoms with van der Waals surface area (Å²) in [7, 11) is -0.410. The molecule has 46 valence electrons. The van der Waals surface area contributed by atoms with Crippen molar-refractivity contribution in [2.75, 3.05) is 7.11 Å². The molecule has 0 saturated carbocycles. The fourth-order valence-electron chi connectivity index (χ4n) is 0.232. The third kappa shape index (κ3) is 3.64. The largest absolute Gasteiger partial charge is 0.469 e. The molecule has 0 aliphatic heterocycles. The Morgan fingerprint density at radius 3 is 2.38 bits per heavy atom. The average molecular weight is 118 g/mol. The van der Waals surface area contributed by atoms with Crippen molar-refractivity contribution in [2.45, 2.75) is 6.32 Å². The molecule has 0 fully saturated rings. The molecule has 0 aromatic carbocycles. The van der Waals surface area contributed by atoms with Crippen molar-refractivity contribution in [1.82, 2.24) is 0 Å². The van der Waals surface area contributed by atoms with Gasteiger partial charge in [-0.15, -0.1) is 0 Å². The first-order valence-electron chi connectivity index (χ1n) is 2.09. The molecule has 2 N–H and O–H groups in total. The minimum absolute atomic E-state index is 0.365. The first-order chi connectivity index (χ1) is 3.66. The number of carbonyl (C=O) groups is 1. The van der Waals surface area contributed by atoms with E-state index in [9.17, 15) is 4.79 Å². The summed E-state index contributed by atoms with van der Waals surface area (Å²) >= 11 is 0. The Bertz CT molecular complexity index is 81.4. The van der Waals surface area contributed by atoms with E-state index in [2.05, 4.69) is 4.74 Å². The fourth-order valence-corrected chi connectivity index (χ4v) is 0.232. The Hall–Kier alpha value is -0.545. The molecule has 0 rings (SSSR count). The maximum Gasteiger partial charge on any atom is 0.463 e. The normalized spacial score (nSPS) is 8.38. The molecule has 0 aliphatic carbocycles. The SMILES string of the molecule is COC(=O)CB(O)O. The van der Waals surface area contributed by atoms with Gasteiger partial charge >= 0.3 is 13.1 Å². The number of carbonyl (C=O) groups excluding carboxylic acids is 1. The van der Waals surface area contributed by atoms with Gasteiger partial charge in [0.1, 0.15) is 0 Å². The average Bonchev–Trinajstić information content (AvgIpc) is 1.65. The van der Waals surface area contributed by atoms with Crippen molar-refractivity contribution in [3.05, 3.63) is 0 Å². The molecular formula is C3H7BO4. The molecule has 0 radical (unpaired) electrons. The molecular weight excluding hydrogens is 111 g/mol. The topological polar surface area (TPSA) is 66.8 Å². The second-order valence-electron chi connectivity index (χ2n) is 1.26. The van der Waals surface area contributed by atoms with Crippen LogP contribution in [0.5, 0.6) is 0 Å². The molecule has 0 spiro atoms. The van der Waals surface area contributed by atoms with E-state index in [-0.39, 0.29) is 6.32 Å². The van der Waals surface area contributed by atoms with Gasteiger partial charge in [-0.25, -0.2) is 0 Å². The summed E-state index contributed by atoms with van der Waals surface area (Å²) in [5.74, 6) is -0.625. The summed E-state index contributed by atoms with van der Waals surface area (Å²) in [6.07, 6.45) is -0.365. The van der Waals surface area contributed by atoms with E-state index in [1.807, 2.05) is 0 Å². The predicted octanol–water partition coefficient (Wildman–Crippen LogP) is -1.37. The lowest BCUT2D eigenvalue weighted by molar-refractivity contribution is -0.138. The summed E-state index contributed by atoms with van der Waals surface area (Å²) in [6, 6.07) is 0. The Kier molecular flexibility index (Phi) is 3.22. The third-order valence-corrected chi connectivity index (χ3v) is 0.577. The van der Waals surface area contributed by atoms with E-state index in [0.29, 0.717) is 0 Å². The van der Waals surface area contributed by atoms with Gasteiger partial charge in [0, 0.05) is 0 Å². The molecule has 4 nitrogen and oxygen atoms in total. The van der Waals surface area contributed by atoms with Gasteiger partial charge in [0.2, 0.25) is 0 Å². The molecule has 0 amide bonds. The van der Waals surface area contributed by atoms with Gasteiger partial charge in [-0.2, -0.15) is 0 Å². The van der Waals surface area contributed by atoms with Crippen molar-refractivity contribution >= 4 is 13.1 Å². The standard InChI is InChI=1S/C3H7BO4/c1-8-3(5)2-4(6)7/h6-7H,2H2,1H3. The van der Waals surface area contributed by atoms with Crippen molar-refractivity contribution in [3.8, 4) is 0 Å². The molecule has 0 atom stereocenters. The van der Waals surface area contributed by atoms with Crippen molar-refractivity contribution in [1.29, 1.82) is 0 Å². The monoisotopic (exact) mass is 118 g/mol. The molecule has 5 heteroatoms. The number of ether oxygens (including phenoxy) is 1. The number of hydrogen-bond donors (Lipinski definition) is 2. The highest BCUT2D eigenvalue weighted by molar-refractivity contribution is 6.45. The fraction of sp³-hybridized carbons (Fsp3) is 0.667. The van der Waals surface area contributed by atoms with E-state index in [4.69, 9.17) is 10.0 Å². The van der Waals surface area contributed by atoms with Crippen LogP contribution in [-0.4, -0.2) is 30.2 Å². The summed E-state index contributed by atoms with van der Waals surface area (Å²) in [5.41, 5.74) is 0. The number of esters is 1.